The minimum atomic E-state index is -0.349. The number of benzene rings is 1. The molecule has 1 aromatic carbocycles. The van der Waals surface area contributed by atoms with Crippen molar-refractivity contribution in [2.75, 3.05) is 5.32 Å². The standard InChI is InChI=1S/C19H15ClN6O/c1-10-5-15-18(23-7-10)26-17(25-15)13-6-12(3-4-14(13)20)24-19(27)16-9-21-11(2)8-22-16/h3-9H,1-2H3,(H,24,27)(H,23,25,26). The van der Waals surface area contributed by atoms with E-state index < -0.39 is 0 Å². The maximum atomic E-state index is 12.4. The Morgan fingerprint density at radius 1 is 1.07 bits per heavy atom. The molecule has 134 valence electrons. The second-order valence-electron chi connectivity index (χ2n) is 6.16. The van der Waals surface area contributed by atoms with E-state index in [0.29, 0.717) is 27.7 Å². The Hall–Kier alpha value is -3.32. The van der Waals surface area contributed by atoms with Gasteiger partial charge in [0.1, 0.15) is 11.5 Å². The molecule has 0 aliphatic carbocycles. The number of aromatic amines is 1. The molecule has 0 unspecified atom stereocenters. The van der Waals surface area contributed by atoms with Crippen molar-refractivity contribution >= 4 is 34.4 Å². The maximum absolute atomic E-state index is 12.4. The van der Waals surface area contributed by atoms with Gasteiger partial charge in [-0.1, -0.05) is 11.6 Å². The number of hydrogen-bond acceptors (Lipinski definition) is 5. The van der Waals surface area contributed by atoms with Crippen LogP contribution in [0.4, 0.5) is 5.69 Å². The molecule has 0 saturated carbocycles. The summed E-state index contributed by atoms with van der Waals surface area (Å²) in [5.41, 5.74) is 4.69. The van der Waals surface area contributed by atoms with Gasteiger partial charge in [-0.05, 0) is 43.7 Å². The number of fused-ring (bicyclic) bond motifs is 1. The van der Waals surface area contributed by atoms with Crippen LogP contribution < -0.4 is 5.32 Å². The lowest BCUT2D eigenvalue weighted by molar-refractivity contribution is 0.102. The molecule has 3 heterocycles. The molecule has 0 spiro atoms. The third kappa shape index (κ3) is 3.50. The first-order chi connectivity index (χ1) is 13.0. The molecular weight excluding hydrogens is 364 g/mol. The second kappa shape index (κ2) is 6.77. The molecule has 0 fully saturated rings. The van der Waals surface area contributed by atoms with Crippen LogP contribution >= 0.6 is 11.6 Å². The molecule has 0 aliphatic heterocycles. The highest BCUT2D eigenvalue weighted by molar-refractivity contribution is 6.33. The van der Waals surface area contributed by atoms with E-state index >= 15 is 0 Å². The fourth-order valence-electron chi connectivity index (χ4n) is 2.62. The molecule has 0 aliphatic rings. The monoisotopic (exact) mass is 378 g/mol. The third-order valence-electron chi connectivity index (χ3n) is 3.97. The molecule has 0 atom stereocenters. The Bertz CT molecular complexity index is 1150. The number of aryl methyl sites for hydroxylation is 2. The average molecular weight is 379 g/mol. The van der Waals surface area contributed by atoms with Crippen molar-refractivity contribution in [2.45, 2.75) is 13.8 Å². The quantitative estimate of drug-likeness (QED) is 0.563. The van der Waals surface area contributed by atoms with Crippen LogP contribution in [0.5, 0.6) is 0 Å². The van der Waals surface area contributed by atoms with E-state index in [4.69, 9.17) is 11.6 Å². The summed E-state index contributed by atoms with van der Waals surface area (Å²) in [5.74, 6) is 0.233. The van der Waals surface area contributed by atoms with Crippen molar-refractivity contribution in [3.63, 3.8) is 0 Å². The molecule has 7 nitrogen and oxygen atoms in total. The molecule has 4 rings (SSSR count). The number of rotatable bonds is 3. The smallest absolute Gasteiger partial charge is 0.275 e. The average Bonchev–Trinajstić information content (AvgIpc) is 3.06. The summed E-state index contributed by atoms with van der Waals surface area (Å²) in [6, 6.07) is 7.15. The van der Waals surface area contributed by atoms with Crippen molar-refractivity contribution < 1.29 is 4.79 Å². The number of aromatic nitrogens is 5. The summed E-state index contributed by atoms with van der Waals surface area (Å²) in [6.07, 6.45) is 4.74. The number of H-pyrrole nitrogens is 1. The summed E-state index contributed by atoms with van der Waals surface area (Å²) >= 11 is 6.35. The van der Waals surface area contributed by atoms with Crippen molar-refractivity contribution in [1.29, 1.82) is 0 Å². The van der Waals surface area contributed by atoms with Crippen LogP contribution in [-0.4, -0.2) is 30.8 Å². The van der Waals surface area contributed by atoms with Crippen LogP contribution in [0.1, 0.15) is 21.7 Å². The first-order valence-electron chi connectivity index (χ1n) is 8.22. The molecule has 2 N–H and O–H groups in total. The topological polar surface area (TPSA) is 96.5 Å². The summed E-state index contributed by atoms with van der Waals surface area (Å²) in [4.78, 5) is 32.5. The molecule has 3 aromatic heterocycles. The Labute approximate surface area is 159 Å². The Balaban J connectivity index is 1.66. The molecule has 0 radical (unpaired) electrons. The number of nitrogens with zero attached hydrogens (tertiary/aromatic N) is 4. The third-order valence-corrected chi connectivity index (χ3v) is 4.30. The van der Waals surface area contributed by atoms with Crippen LogP contribution in [0, 0.1) is 13.8 Å². The number of pyridine rings is 1. The Morgan fingerprint density at radius 3 is 2.70 bits per heavy atom. The van der Waals surface area contributed by atoms with Gasteiger partial charge in [0.25, 0.3) is 5.91 Å². The largest absolute Gasteiger partial charge is 0.337 e. The molecule has 4 aromatic rings. The summed E-state index contributed by atoms with van der Waals surface area (Å²) < 4.78 is 0. The molecular formula is C19H15ClN6O. The normalized spacial score (nSPS) is 10.9. The number of nitrogens with one attached hydrogen (secondary N) is 2. The summed E-state index contributed by atoms with van der Waals surface area (Å²) in [5, 5.41) is 3.31. The lowest BCUT2D eigenvalue weighted by Gasteiger charge is -2.07. The van der Waals surface area contributed by atoms with Crippen molar-refractivity contribution in [1.82, 2.24) is 24.9 Å². The zero-order chi connectivity index (χ0) is 19.0. The van der Waals surface area contributed by atoms with Gasteiger partial charge in [0.05, 0.1) is 22.4 Å². The Morgan fingerprint density at radius 2 is 1.93 bits per heavy atom. The van der Waals surface area contributed by atoms with Crippen LogP contribution in [0.25, 0.3) is 22.6 Å². The van der Waals surface area contributed by atoms with Gasteiger partial charge in [-0.15, -0.1) is 0 Å². The highest BCUT2D eigenvalue weighted by atomic mass is 35.5. The van der Waals surface area contributed by atoms with Gasteiger partial charge in [0.2, 0.25) is 0 Å². The van der Waals surface area contributed by atoms with Crippen molar-refractivity contribution in [3.8, 4) is 11.4 Å². The number of carbonyl (C=O) groups is 1. The van der Waals surface area contributed by atoms with Gasteiger partial charge in [0.15, 0.2) is 5.65 Å². The SMILES string of the molecule is Cc1cnc2nc(-c3cc(NC(=O)c4cnc(C)cn4)ccc3Cl)[nH]c2c1. The van der Waals surface area contributed by atoms with Crippen molar-refractivity contribution in [2.24, 2.45) is 0 Å². The van der Waals surface area contributed by atoms with Gasteiger partial charge < -0.3 is 10.3 Å². The van der Waals surface area contributed by atoms with E-state index in [9.17, 15) is 4.79 Å². The fourth-order valence-corrected chi connectivity index (χ4v) is 2.83. The van der Waals surface area contributed by atoms with Crippen LogP contribution in [0.2, 0.25) is 5.02 Å². The first kappa shape index (κ1) is 17.1. The molecule has 0 saturated heterocycles. The summed E-state index contributed by atoms with van der Waals surface area (Å²) in [6.45, 7) is 3.77. The van der Waals surface area contributed by atoms with Gasteiger partial charge in [-0.3, -0.25) is 9.78 Å². The number of anilines is 1. The zero-order valence-electron chi connectivity index (χ0n) is 14.6. The molecule has 27 heavy (non-hydrogen) atoms. The van der Waals surface area contributed by atoms with Crippen LogP contribution in [0.3, 0.4) is 0 Å². The zero-order valence-corrected chi connectivity index (χ0v) is 15.4. The van der Waals surface area contributed by atoms with E-state index in [1.165, 1.54) is 6.20 Å². The van der Waals surface area contributed by atoms with Gasteiger partial charge in [-0.25, -0.2) is 15.0 Å². The minimum absolute atomic E-state index is 0.237. The molecule has 8 heteroatoms. The van der Waals surface area contributed by atoms with Gasteiger partial charge in [-0.2, -0.15) is 0 Å². The number of imidazole rings is 1. The van der Waals surface area contributed by atoms with Crippen molar-refractivity contribution in [3.05, 3.63) is 64.8 Å². The van der Waals surface area contributed by atoms with E-state index in [1.807, 2.05) is 19.9 Å². The van der Waals surface area contributed by atoms with E-state index in [-0.39, 0.29) is 11.6 Å². The number of halogens is 1. The highest BCUT2D eigenvalue weighted by Gasteiger charge is 2.13. The lowest BCUT2D eigenvalue weighted by Crippen LogP contribution is -2.14. The number of amides is 1. The molecule has 1 amide bonds. The van der Waals surface area contributed by atoms with E-state index in [0.717, 1.165) is 16.8 Å². The van der Waals surface area contributed by atoms with Gasteiger partial charge in [0, 0.05) is 23.6 Å². The highest BCUT2D eigenvalue weighted by Crippen LogP contribution is 2.30. The van der Waals surface area contributed by atoms with Crippen LogP contribution in [0.15, 0.2) is 42.9 Å². The van der Waals surface area contributed by atoms with Crippen LogP contribution in [-0.2, 0) is 0 Å². The maximum Gasteiger partial charge on any atom is 0.275 e. The van der Waals surface area contributed by atoms with Gasteiger partial charge >= 0.3 is 0 Å². The predicted molar refractivity (Wildman–Crippen MR) is 104 cm³/mol. The lowest BCUT2D eigenvalue weighted by atomic mass is 10.2. The van der Waals surface area contributed by atoms with E-state index in [1.54, 1.807) is 30.6 Å². The summed E-state index contributed by atoms with van der Waals surface area (Å²) in [7, 11) is 0. The predicted octanol–water partition coefficient (Wildman–Crippen LogP) is 3.94. The second-order valence-corrected chi connectivity index (χ2v) is 6.57. The first-order valence-corrected chi connectivity index (χ1v) is 8.60. The number of carbonyl (C=O) groups excluding carboxylic acids is 1. The fraction of sp³-hybridized carbons (Fsp3) is 0.105. The Kier molecular flexibility index (Phi) is 4.29. The minimum Gasteiger partial charge on any atom is -0.337 e. The number of hydrogen-bond donors (Lipinski definition) is 2. The van der Waals surface area contributed by atoms with E-state index in [2.05, 4.69) is 30.2 Å². The molecule has 0 bridgehead atoms.